The molecule has 1 heterocycles. The summed E-state index contributed by atoms with van der Waals surface area (Å²) < 4.78 is 1.21. The van der Waals surface area contributed by atoms with Gasteiger partial charge in [-0.3, -0.25) is 0 Å². The van der Waals surface area contributed by atoms with Crippen molar-refractivity contribution in [1.82, 2.24) is 4.90 Å². The van der Waals surface area contributed by atoms with E-state index in [1.807, 2.05) is 0 Å². The van der Waals surface area contributed by atoms with E-state index in [0.29, 0.717) is 5.92 Å². The molecule has 1 atom stereocenters. The Labute approximate surface area is 110 Å². The van der Waals surface area contributed by atoms with E-state index in [9.17, 15) is 0 Å². The molecule has 0 radical (unpaired) electrons. The SMILES string of the molecule is CCC(CS)CN(C)Cc1csc(Br)c1. The summed E-state index contributed by atoms with van der Waals surface area (Å²) in [5.74, 6) is 1.69. The molecule has 0 bridgehead atoms. The van der Waals surface area contributed by atoms with Crippen molar-refractivity contribution in [2.24, 2.45) is 5.92 Å². The summed E-state index contributed by atoms with van der Waals surface area (Å²) >= 11 is 9.61. The summed E-state index contributed by atoms with van der Waals surface area (Å²) in [5.41, 5.74) is 1.39. The molecule has 86 valence electrons. The third-order valence-electron chi connectivity index (χ3n) is 2.48. The molecule has 15 heavy (non-hydrogen) atoms. The van der Waals surface area contributed by atoms with Crippen LogP contribution in [0, 0.1) is 5.92 Å². The summed E-state index contributed by atoms with van der Waals surface area (Å²) in [6.45, 7) is 4.40. The van der Waals surface area contributed by atoms with Crippen LogP contribution in [0.25, 0.3) is 0 Å². The molecule has 0 amide bonds. The Morgan fingerprint density at radius 2 is 2.33 bits per heavy atom. The molecule has 0 aliphatic carbocycles. The minimum absolute atomic E-state index is 0.709. The molecule has 0 N–H and O–H groups in total. The van der Waals surface area contributed by atoms with Gasteiger partial charge in [0.2, 0.25) is 0 Å². The van der Waals surface area contributed by atoms with Crippen molar-refractivity contribution in [2.45, 2.75) is 19.9 Å². The molecule has 0 spiro atoms. The van der Waals surface area contributed by atoms with Crippen LogP contribution in [0.1, 0.15) is 18.9 Å². The first-order chi connectivity index (χ1) is 7.15. The van der Waals surface area contributed by atoms with Gasteiger partial charge in [0.05, 0.1) is 3.79 Å². The molecular formula is C11H18BrNS2. The summed E-state index contributed by atoms with van der Waals surface area (Å²) in [4.78, 5) is 2.37. The number of thiol groups is 1. The molecule has 0 fully saturated rings. The van der Waals surface area contributed by atoms with Crippen LogP contribution in [0.4, 0.5) is 0 Å². The predicted octanol–water partition coefficient (Wildman–Crippen LogP) is 3.90. The van der Waals surface area contributed by atoms with Crippen molar-refractivity contribution in [3.8, 4) is 0 Å². The molecule has 0 saturated carbocycles. The van der Waals surface area contributed by atoms with Gasteiger partial charge in [0.15, 0.2) is 0 Å². The van der Waals surface area contributed by atoms with Gasteiger partial charge >= 0.3 is 0 Å². The highest BCUT2D eigenvalue weighted by Crippen LogP contribution is 2.21. The first-order valence-corrected chi connectivity index (χ1v) is 7.48. The molecule has 1 aromatic rings. The summed E-state index contributed by atoms with van der Waals surface area (Å²) in [5, 5.41) is 2.21. The monoisotopic (exact) mass is 307 g/mol. The van der Waals surface area contributed by atoms with Gasteiger partial charge in [0.1, 0.15) is 0 Å². The zero-order chi connectivity index (χ0) is 11.3. The minimum Gasteiger partial charge on any atom is -0.302 e. The fourth-order valence-corrected chi connectivity index (χ4v) is 3.14. The van der Waals surface area contributed by atoms with E-state index in [-0.39, 0.29) is 0 Å². The minimum atomic E-state index is 0.709. The standard InChI is InChI=1S/C11H18BrNS2/c1-3-9(7-14)5-13(2)6-10-4-11(12)15-8-10/h4,8-9,14H,3,5-7H2,1-2H3. The van der Waals surface area contributed by atoms with Gasteiger partial charge in [-0.2, -0.15) is 12.6 Å². The van der Waals surface area contributed by atoms with Crippen LogP contribution in [0.2, 0.25) is 0 Å². The maximum Gasteiger partial charge on any atom is 0.0701 e. The zero-order valence-electron chi connectivity index (χ0n) is 9.24. The molecule has 0 aliphatic rings. The van der Waals surface area contributed by atoms with Crippen LogP contribution in [-0.2, 0) is 6.54 Å². The molecular weight excluding hydrogens is 290 g/mol. The lowest BCUT2D eigenvalue weighted by Crippen LogP contribution is -2.25. The van der Waals surface area contributed by atoms with Gasteiger partial charge in [0, 0.05) is 13.1 Å². The number of nitrogens with zero attached hydrogens (tertiary/aromatic N) is 1. The molecule has 1 aromatic heterocycles. The van der Waals surface area contributed by atoms with E-state index in [1.165, 1.54) is 15.8 Å². The average Bonchev–Trinajstić information content (AvgIpc) is 2.60. The van der Waals surface area contributed by atoms with Crippen molar-refractivity contribution in [2.75, 3.05) is 19.3 Å². The van der Waals surface area contributed by atoms with Gasteiger partial charge in [-0.25, -0.2) is 0 Å². The van der Waals surface area contributed by atoms with Gasteiger partial charge in [-0.1, -0.05) is 13.3 Å². The third-order valence-corrected chi connectivity index (χ3v) is 4.55. The first kappa shape index (κ1) is 13.6. The second-order valence-electron chi connectivity index (χ2n) is 3.91. The molecule has 0 aliphatic heterocycles. The number of rotatable bonds is 6. The Hall–Kier alpha value is 0.490. The van der Waals surface area contributed by atoms with Crippen LogP contribution >= 0.6 is 39.9 Å². The highest BCUT2D eigenvalue weighted by Gasteiger charge is 2.08. The topological polar surface area (TPSA) is 3.24 Å². The second-order valence-corrected chi connectivity index (χ2v) is 6.57. The smallest absolute Gasteiger partial charge is 0.0701 e. The maximum atomic E-state index is 4.37. The summed E-state index contributed by atoms with van der Waals surface area (Å²) in [7, 11) is 2.18. The lowest BCUT2D eigenvalue weighted by molar-refractivity contribution is 0.278. The van der Waals surface area contributed by atoms with E-state index in [2.05, 4.69) is 58.9 Å². The lowest BCUT2D eigenvalue weighted by Gasteiger charge is -2.21. The number of hydrogen-bond donors (Lipinski definition) is 1. The van der Waals surface area contributed by atoms with Crippen molar-refractivity contribution in [3.05, 3.63) is 20.8 Å². The maximum absolute atomic E-state index is 4.37. The van der Waals surface area contributed by atoms with Crippen LogP contribution in [-0.4, -0.2) is 24.2 Å². The normalized spacial score (nSPS) is 13.4. The number of halogens is 1. The Morgan fingerprint density at radius 3 is 2.80 bits per heavy atom. The Balaban J connectivity index is 2.38. The van der Waals surface area contributed by atoms with Crippen molar-refractivity contribution in [1.29, 1.82) is 0 Å². The molecule has 4 heteroatoms. The van der Waals surface area contributed by atoms with E-state index in [0.717, 1.165) is 18.8 Å². The molecule has 1 unspecified atom stereocenters. The number of hydrogen-bond acceptors (Lipinski definition) is 3. The fraction of sp³-hybridized carbons (Fsp3) is 0.636. The summed E-state index contributed by atoms with van der Waals surface area (Å²) in [6.07, 6.45) is 1.21. The van der Waals surface area contributed by atoms with Gasteiger partial charge in [-0.05, 0) is 51.7 Å². The average molecular weight is 308 g/mol. The molecule has 1 nitrogen and oxygen atoms in total. The van der Waals surface area contributed by atoms with E-state index in [4.69, 9.17) is 0 Å². The van der Waals surface area contributed by atoms with Crippen molar-refractivity contribution >= 4 is 39.9 Å². The third kappa shape index (κ3) is 4.89. The van der Waals surface area contributed by atoms with E-state index >= 15 is 0 Å². The van der Waals surface area contributed by atoms with Crippen LogP contribution in [0.5, 0.6) is 0 Å². The molecule has 0 aromatic carbocycles. The van der Waals surface area contributed by atoms with E-state index in [1.54, 1.807) is 11.3 Å². The number of thiophene rings is 1. The van der Waals surface area contributed by atoms with Crippen molar-refractivity contribution in [3.63, 3.8) is 0 Å². The lowest BCUT2D eigenvalue weighted by atomic mass is 10.1. The zero-order valence-corrected chi connectivity index (χ0v) is 12.5. The van der Waals surface area contributed by atoms with E-state index < -0.39 is 0 Å². The van der Waals surface area contributed by atoms with Gasteiger partial charge < -0.3 is 4.90 Å². The summed E-state index contributed by atoms with van der Waals surface area (Å²) in [6, 6.07) is 2.20. The second kappa shape index (κ2) is 6.94. The fourth-order valence-electron chi connectivity index (χ4n) is 1.56. The Morgan fingerprint density at radius 1 is 1.60 bits per heavy atom. The largest absolute Gasteiger partial charge is 0.302 e. The van der Waals surface area contributed by atoms with Crippen LogP contribution in [0.3, 0.4) is 0 Å². The predicted molar refractivity (Wildman–Crippen MR) is 76.0 cm³/mol. The highest BCUT2D eigenvalue weighted by atomic mass is 79.9. The first-order valence-electron chi connectivity index (χ1n) is 5.18. The quantitative estimate of drug-likeness (QED) is 0.780. The van der Waals surface area contributed by atoms with Gasteiger partial charge in [-0.15, -0.1) is 11.3 Å². The van der Waals surface area contributed by atoms with Crippen molar-refractivity contribution < 1.29 is 0 Å². The Kier molecular flexibility index (Phi) is 6.27. The van der Waals surface area contributed by atoms with Gasteiger partial charge in [0.25, 0.3) is 0 Å². The highest BCUT2D eigenvalue weighted by molar-refractivity contribution is 9.11. The van der Waals surface area contributed by atoms with Crippen LogP contribution < -0.4 is 0 Å². The Bertz CT molecular complexity index is 284. The molecule has 0 saturated heterocycles. The molecule has 1 rings (SSSR count). The van der Waals surface area contributed by atoms with Crippen LogP contribution in [0.15, 0.2) is 15.2 Å².